The molecule has 23 heavy (non-hydrogen) atoms. The quantitative estimate of drug-likeness (QED) is 0.761. The number of aliphatic hydroxyl groups is 1. The summed E-state index contributed by atoms with van der Waals surface area (Å²) in [6, 6.07) is 14.4. The molecule has 6 heteroatoms. The number of aliphatic hydroxyl groups excluding tert-OH is 1. The molecule has 0 bridgehead atoms. The normalized spacial score (nSPS) is 11.6. The number of rotatable bonds is 6. The van der Waals surface area contributed by atoms with Crippen LogP contribution in [0, 0.1) is 0 Å². The topological polar surface area (TPSA) is 77.5 Å². The number of anilines is 2. The Balaban J connectivity index is 1.93. The third-order valence-electron chi connectivity index (χ3n) is 3.31. The first-order valence-corrected chi connectivity index (χ1v) is 7.45. The molecule has 2 rings (SSSR count). The van der Waals surface area contributed by atoms with Gasteiger partial charge in [0.2, 0.25) is 0 Å². The minimum Gasteiger partial charge on any atom is -0.394 e. The summed E-state index contributed by atoms with van der Waals surface area (Å²) in [5.41, 5.74) is 1.06. The fourth-order valence-electron chi connectivity index (χ4n) is 2.14. The van der Waals surface area contributed by atoms with Crippen LogP contribution in [0.4, 0.5) is 16.4 Å². The fraction of sp³-hybridized carbons (Fsp3) is 0.294. The van der Waals surface area contributed by atoms with Crippen molar-refractivity contribution in [3.8, 4) is 0 Å². The van der Waals surface area contributed by atoms with E-state index in [0.717, 1.165) is 11.4 Å². The molecule has 0 fully saturated rings. The van der Waals surface area contributed by atoms with E-state index in [2.05, 4.69) is 15.6 Å². The lowest BCUT2D eigenvalue weighted by Gasteiger charge is -2.17. The van der Waals surface area contributed by atoms with E-state index in [1.807, 2.05) is 61.5 Å². The first-order valence-electron chi connectivity index (χ1n) is 7.45. The van der Waals surface area contributed by atoms with Crippen LogP contribution < -0.4 is 15.5 Å². The summed E-state index contributed by atoms with van der Waals surface area (Å²) in [6.45, 7) is -0.131. The zero-order valence-electron chi connectivity index (χ0n) is 13.4. The lowest BCUT2D eigenvalue weighted by Crippen LogP contribution is -2.41. The van der Waals surface area contributed by atoms with Gasteiger partial charge in [0.05, 0.1) is 12.6 Å². The first-order chi connectivity index (χ1) is 11.1. The van der Waals surface area contributed by atoms with E-state index in [-0.39, 0.29) is 18.7 Å². The van der Waals surface area contributed by atoms with E-state index in [1.54, 1.807) is 6.07 Å². The third kappa shape index (κ3) is 5.27. The van der Waals surface area contributed by atoms with Crippen molar-refractivity contribution in [2.45, 2.75) is 12.5 Å². The molecule has 0 saturated heterocycles. The van der Waals surface area contributed by atoms with Crippen molar-refractivity contribution in [2.24, 2.45) is 0 Å². The second kappa shape index (κ2) is 8.14. The van der Waals surface area contributed by atoms with Crippen LogP contribution in [0.15, 0.2) is 48.5 Å². The Morgan fingerprint density at radius 1 is 1.17 bits per heavy atom. The maximum atomic E-state index is 12.1. The monoisotopic (exact) mass is 314 g/mol. The van der Waals surface area contributed by atoms with Crippen molar-refractivity contribution >= 4 is 17.7 Å². The minimum absolute atomic E-state index is 0.131. The molecule has 1 atom stereocenters. The average molecular weight is 314 g/mol. The second-order valence-corrected chi connectivity index (χ2v) is 5.44. The van der Waals surface area contributed by atoms with Crippen molar-refractivity contribution in [2.75, 3.05) is 30.9 Å². The lowest BCUT2D eigenvalue weighted by atomic mass is 10.1. The van der Waals surface area contributed by atoms with Gasteiger partial charge in [-0.3, -0.25) is 5.32 Å². The number of amides is 2. The predicted octanol–water partition coefficient (Wildman–Crippen LogP) is 1.87. The molecule has 0 aliphatic heterocycles. The molecule has 122 valence electrons. The van der Waals surface area contributed by atoms with Gasteiger partial charge in [-0.2, -0.15) is 0 Å². The van der Waals surface area contributed by atoms with Gasteiger partial charge in [-0.25, -0.2) is 9.78 Å². The van der Waals surface area contributed by atoms with Crippen LogP contribution in [0.1, 0.15) is 5.56 Å². The summed E-state index contributed by atoms with van der Waals surface area (Å²) in [5.74, 6) is 1.22. The van der Waals surface area contributed by atoms with Crippen LogP contribution in [-0.4, -0.2) is 42.9 Å². The number of carbonyl (C=O) groups excluding carboxylic acids is 1. The smallest absolute Gasteiger partial charge is 0.320 e. The van der Waals surface area contributed by atoms with E-state index >= 15 is 0 Å². The average Bonchev–Trinajstić information content (AvgIpc) is 2.55. The van der Waals surface area contributed by atoms with Crippen LogP contribution in [0.3, 0.4) is 0 Å². The summed E-state index contributed by atoms with van der Waals surface area (Å²) in [4.78, 5) is 18.2. The van der Waals surface area contributed by atoms with Gasteiger partial charge in [0.1, 0.15) is 11.6 Å². The molecule has 0 aliphatic rings. The van der Waals surface area contributed by atoms with Crippen LogP contribution in [-0.2, 0) is 6.42 Å². The van der Waals surface area contributed by atoms with Crippen LogP contribution >= 0.6 is 0 Å². The Bertz CT molecular complexity index is 632. The molecule has 6 nitrogen and oxygen atoms in total. The molecule has 2 aromatic rings. The SMILES string of the molecule is CN(C)c1cccc(NC(=O)N[C@H](CO)Cc2ccccc2)n1. The molecular weight excluding hydrogens is 292 g/mol. The Labute approximate surface area is 136 Å². The highest BCUT2D eigenvalue weighted by atomic mass is 16.3. The summed E-state index contributed by atoms with van der Waals surface area (Å²) < 4.78 is 0. The number of urea groups is 1. The Morgan fingerprint density at radius 3 is 2.57 bits per heavy atom. The standard InChI is InChI=1S/C17H22N4O2/c1-21(2)16-10-6-9-15(19-16)20-17(23)18-14(12-22)11-13-7-4-3-5-8-13/h3-10,14,22H,11-12H2,1-2H3,(H2,18,19,20,23)/t14-/m0/s1. The van der Waals surface area contributed by atoms with E-state index < -0.39 is 0 Å². The van der Waals surface area contributed by atoms with E-state index in [4.69, 9.17) is 0 Å². The maximum Gasteiger partial charge on any atom is 0.320 e. The number of nitrogens with one attached hydrogen (secondary N) is 2. The maximum absolute atomic E-state index is 12.1. The molecule has 1 heterocycles. The Morgan fingerprint density at radius 2 is 1.91 bits per heavy atom. The van der Waals surface area contributed by atoms with Gasteiger partial charge in [-0.15, -0.1) is 0 Å². The zero-order chi connectivity index (χ0) is 16.7. The van der Waals surface area contributed by atoms with Gasteiger partial charge < -0.3 is 15.3 Å². The summed E-state index contributed by atoms with van der Waals surface area (Å²) in [5, 5.41) is 14.9. The summed E-state index contributed by atoms with van der Waals surface area (Å²) in [6.07, 6.45) is 0.565. The third-order valence-corrected chi connectivity index (χ3v) is 3.31. The predicted molar refractivity (Wildman–Crippen MR) is 91.7 cm³/mol. The number of hydrogen-bond acceptors (Lipinski definition) is 4. The van der Waals surface area contributed by atoms with Crippen LogP contribution in [0.25, 0.3) is 0 Å². The van der Waals surface area contributed by atoms with Crippen LogP contribution in [0.2, 0.25) is 0 Å². The molecule has 1 aromatic carbocycles. The number of hydrogen-bond donors (Lipinski definition) is 3. The molecule has 1 aromatic heterocycles. The first kappa shape index (κ1) is 16.8. The van der Waals surface area contributed by atoms with Gasteiger partial charge in [-0.05, 0) is 24.1 Å². The molecule has 0 unspecified atom stereocenters. The van der Waals surface area contributed by atoms with Gasteiger partial charge in [0, 0.05) is 14.1 Å². The molecule has 0 spiro atoms. The number of nitrogens with zero attached hydrogens (tertiary/aromatic N) is 2. The lowest BCUT2D eigenvalue weighted by molar-refractivity contribution is 0.224. The van der Waals surface area contributed by atoms with Crippen molar-refractivity contribution in [3.63, 3.8) is 0 Å². The molecular formula is C17H22N4O2. The van der Waals surface area contributed by atoms with E-state index in [9.17, 15) is 9.90 Å². The Kier molecular flexibility index (Phi) is 5.94. The van der Waals surface area contributed by atoms with Gasteiger partial charge in [0.15, 0.2) is 0 Å². The van der Waals surface area contributed by atoms with E-state index in [1.165, 1.54) is 0 Å². The molecule has 0 aliphatic carbocycles. The highest BCUT2D eigenvalue weighted by Gasteiger charge is 2.12. The fourth-order valence-corrected chi connectivity index (χ4v) is 2.14. The summed E-state index contributed by atoms with van der Waals surface area (Å²) in [7, 11) is 3.77. The van der Waals surface area contributed by atoms with Crippen molar-refractivity contribution < 1.29 is 9.90 Å². The Hall–Kier alpha value is -2.60. The van der Waals surface area contributed by atoms with Gasteiger partial charge in [-0.1, -0.05) is 36.4 Å². The van der Waals surface area contributed by atoms with Crippen molar-refractivity contribution in [1.82, 2.24) is 10.3 Å². The van der Waals surface area contributed by atoms with Gasteiger partial charge >= 0.3 is 6.03 Å². The molecule has 0 radical (unpaired) electrons. The van der Waals surface area contributed by atoms with Gasteiger partial charge in [0.25, 0.3) is 0 Å². The number of benzene rings is 1. The molecule has 2 amide bonds. The van der Waals surface area contributed by atoms with Crippen molar-refractivity contribution in [3.05, 3.63) is 54.1 Å². The second-order valence-electron chi connectivity index (χ2n) is 5.44. The van der Waals surface area contributed by atoms with Crippen LogP contribution in [0.5, 0.6) is 0 Å². The highest BCUT2D eigenvalue weighted by molar-refractivity contribution is 5.88. The highest BCUT2D eigenvalue weighted by Crippen LogP contribution is 2.11. The molecule has 3 N–H and O–H groups in total. The number of carbonyl (C=O) groups is 1. The zero-order valence-corrected chi connectivity index (χ0v) is 13.4. The van der Waals surface area contributed by atoms with Crippen molar-refractivity contribution in [1.29, 1.82) is 0 Å². The largest absolute Gasteiger partial charge is 0.394 e. The van der Waals surface area contributed by atoms with E-state index in [0.29, 0.717) is 12.2 Å². The summed E-state index contributed by atoms with van der Waals surface area (Å²) >= 11 is 0. The number of pyridine rings is 1. The molecule has 0 saturated carbocycles. The minimum atomic E-state index is -0.386. The number of aromatic nitrogens is 1.